The van der Waals surface area contributed by atoms with Crippen LogP contribution in [0.1, 0.15) is 23.7 Å². The molecule has 0 saturated heterocycles. The summed E-state index contributed by atoms with van der Waals surface area (Å²) in [7, 11) is 1.51. The van der Waals surface area contributed by atoms with E-state index in [1.54, 1.807) is 0 Å². The van der Waals surface area contributed by atoms with E-state index in [1.807, 2.05) is 6.92 Å². The summed E-state index contributed by atoms with van der Waals surface area (Å²) in [5.41, 5.74) is 0.220. The molecule has 2 amide bonds. The van der Waals surface area contributed by atoms with Gasteiger partial charge in [-0.05, 0) is 34.5 Å². The second-order valence-corrected chi connectivity index (χ2v) is 4.79. The van der Waals surface area contributed by atoms with Crippen molar-refractivity contribution in [3.05, 3.63) is 34.1 Å². The van der Waals surface area contributed by atoms with Gasteiger partial charge in [-0.2, -0.15) is 0 Å². The van der Waals surface area contributed by atoms with Crippen LogP contribution in [0.5, 0.6) is 0 Å². The van der Waals surface area contributed by atoms with E-state index in [9.17, 15) is 14.0 Å². The third kappa shape index (κ3) is 4.02. The normalized spacial score (nSPS) is 10.1. The van der Waals surface area contributed by atoms with Gasteiger partial charge in [-0.3, -0.25) is 9.59 Å². The van der Waals surface area contributed by atoms with Crippen LogP contribution in [0.2, 0.25) is 0 Å². The van der Waals surface area contributed by atoms with Gasteiger partial charge in [-0.1, -0.05) is 13.0 Å². The molecule has 1 aromatic carbocycles. The molecular weight excluding hydrogens is 315 g/mol. The zero-order valence-electron chi connectivity index (χ0n) is 10.9. The van der Waals surface area contributed by atoms with E-state index >= 15 is 0 Å². The SMILES string of the molecule is CCCN(CC(=O)NC)C(=O)c1cccc(F)c1Br. The van der Waals surface area contributed by atoms with Crippen LogP contribution in [0.15, 0.2) is 22.7 Å². The molecule has 1 rings (SSSR count). The summed E-state index contributed by atoms with van der Waals surface area (Å²) in [6.45, 7) is 2.31. The number of amides is 2. The van der Waals surface area contributed by atoms with Crippen LogP contribution >= 0.6 is 15.9 Å². The average molecular weight is 331 g/mol. The number of benzene rings is 1. The van der Waals surface area contributed by atoms with Gasteiger partial charge in [0.15, 0.2) is 0 Å². The third-order valence-electron chi connectivity index (χ3n) is 2.58. The Hall–Kier alpha value is -1.43. The monoisotopic (exact) mass is 330 g/mol. The number of rotatable bonds is 5. The van der Waals surface area contributed by atoms with Crippen LogP contribution < -0.4 is 5.32 Å². The van der Waals surface area contributed by atoms with Gasteiger partial charge in [0.1, 0.15) is 5.82 Å². The molecule has 1 N–H and O–H groups in total. The van der Waals surface area contributed by atoms with E-state index in [4.69, 9.17) is 0 Å². The van der Waals surface area contributed by atoms with Crippen LogP contribution in [0.4, 0.5) is 4.39 Å². The molecule has 0 fully saturated rings. The highest BCUT2D eigenvalue weighted by Gasteiger charge is 2.20. The van der Waals surface area contributed by atoms with Gasteiger partial charge in [0.2, 0.25) is 5.91 Å². The van der Waals surface area contributed by atoms with Gasteiger partial charge in [-0.25, -0.2) is 4.39 Å². The molecule has 6 heteroatoms. The van der Waals surface area contributed by atoms with Gasteiger partial charge < -0.3 is 10.2 Å². The maximum Gasteiger partial charge on any atom is 0.255 e. The highest BCUT2D eigenvalue weighted by atomic mass is 79.9. The van der Waals surface area contributed by atoms with Crippen molar-refractivity contribution in [2.75, 3.05) is 20.1 Å². The highest BCUT2D eigenvalue weighted by Crippen LogP contribution is 2.21. The lowest BCUT2D eigenvalue weighted by Gasteiger charge is -2.21. The maximum atomic E-state index is 13.4. The Kier molecular flexibility index (Phi) is 5.95. The number of carbonyl (C=O) groups is 2. The minimum absolute atomic E-state index is 0.0356. The number of carbonyl (C=O) groups excluding carboxylic acids is 2. The molecule has 104 valence electrons. The van der Waals surface area contributed by atoms with Gasteiger partial charge in [0.25, 0.3) is 5.91 Å². The van der Waals surface area contributed by atoms with E-state index in [0.717, 1.165) is 6.42 Å². The first-order valence-corrected chi connectivity index (χ1v) is 6.74. The Labute approximate surface area is 120 Å². The van der Waals surface area contributed by atoms with Crippen molar-refractivity contribution in [2.24, 2.45) is 0 Å². The van der Waals surface area contributed by atoms with Crippen LogP contribution in [0.3, 0.4) is 0 Å². The van der Waals surface area contributed by atoms with Gasteiger partial charge in [0, 0.05) is 13.6 Å². The predicted octanol–water partition coefficient (Wildman–Crippen LogP) is 2.19. The molecule has 19 heavy (non-hydrogen) atoms. The Morgan fingerprint density at radius 3 is 2.68 bits per heavy atom. The molecule has 0 bridgehead atoms. The maximum absolute atomic E-state index is 13.4. The van der Waals surface area contributed by atoms with Crippen molar-refractivity contribution in [3.8, 4) is 0 Å². The Morgan fingerprint density at radius 1 is 1.42 bits per heavy atom. The third-order valence-corrected chi connectivity index (χ3v) is 3.38. The Morgan fingerprint density at radius 2 is 2.11 bits per heavy atom. The van der Waals surface area contributed by atoms with E-state index in [2.05, 4.69) is 21.2 Å². The smallest absolute Gasteiger partial charge is 0.255 e. The summed E-state index contributed by atoms with van der Waals surface area (Å²) in [5, 5.41) is 2.47. The molecule has 0 saturated carbocycles. The van der Waals surface area contributed by atoms with E-state index in [-0.39, 0.29) is 28.4 Å². The quantitative estimate of drug-likeness (QED) is 0.899. The molecule has 0 aliphatic rings. The number of hydrogen-bond acceptors (Lipinski definition) is 2. The summed E-state index contributed by atoms with van der Waals surface area (Å²) < 4.78 is 13.5. The fourth-order valence-corrected chi connectivity index (χ4v) is 2.05. The van der Waals surface area contributed by atoms with Crippen molar-refractivity contribution < 1.29 is 14.0 Å². The van der Waals surface area contributed by atoms with Crippen molar-refractivity contribution in [1.29, 1.82) is 0 Å². The zero-order valence-corrected chi connectivity index (χ0v) is 12.5. The summed E-state index contributed by atoms with van der Waals surface area (Å²) in [4.78, 5) is 25.1. The number of nitrogens with zero attached hydrogens (tertiary/aromatic N) is 1. The predicted molar refractivity (Wildman–Crippen MR) is 74.4 cm³/mol. The molecule has 0 radical (unpaired) electrons. The molecule has 4 nitrogen and oxygen atoms in total. The molecule has 0 unspecified atom stereocenters. The summed E-state index contributed by atoms with van der Waals surface area (Å²) in [6, 6.07) is 4.27. The summed E-state index contributed by atoms with van der Waals surface area (Å²) in [5.74, 6) is -1.12. The van der Waals surface area contributed by atoms with Crippen LogP contribution in [-0.4, -0.2) is 36.9 Å². The fourth-order valence-electron chi connectivity index (χ4n) is 1.61. The van der Waals surface area contributed by atoms with E-state index in [1.165, 1.54) is 30.1 Å². The fraction of sp³-hybridized carbons (Fsp3) is 0.385. The minimum atomic E-state index is -0.498. The topological polar surface area (TPSA) is 49.4 Å². The van der Waals surface area contributed by atoms with E-state index < -0.39 is 5.82 Å². The molecule has 0 atom stereocenters. The lowest BCUT2D eigenvalue weighted by molar-refractivity contribution is -0.121. The molecule has 0 aliphatic carbocycles. The first-order valence-electron chi connectivity index (χ1n) is 5.95. The molecule has 0 heterocycles. The largest absolute Gasteiger partial charge is 0.358 e. The van der Waals surface area contributed by atoms with Crippen molar-refractivity contribution in [3.63, 3.8) is 0 Å². The first-order chi connectivity index (χ1) is 9.01. The Bertz CT molecular complexity index is 480. The van der Waals surface area contributed by atoms with Crippen molar-refractivity contribution in [1.82, 2.24) is 10.2 Å². The van der Waals surface area contributed by atoms with Gasteiger partial charge >= 0.3 is 0 Å². The average Bonchev–Trinajstić information content (AvgIpc) is 2.40. The summed E-state index contributed by atoms with van der Waals surface area (Å²) >= 11 is 3.06. The zero-order chi connectivity index (χ0) is 14.4. The highest BCUT2D eigenvalue weighted by molar-refractivity contribution is 9.10. The lowest BCUT2D eigenvalue weighted by Crippen LogP contribution is -2.40. The van der Waals surface area contributed by atoms with E-state index in [0.29, 0.717) is 6.54 Å². The second-order valence-electron chi connectivity index (χ2n) is 4.00. The molecule has 1 aromatic rings. The van der Waals surface area contributed by atoms with Gasteiger partial charge in [0.05, 0.1) is 16.6 Å². The van der Waals surface area contributed by atoms with Crippen LogP contribution in [0.25, 0.3) is 0 Å². The summed E-state index contributed by atoms with van der Waals surface area (Å²) in [6.07, 6.45) is 0.718. The number of likely N-dealkylation sites (N-methyl/N-ethyl adjacent to an activating group) is 1. The standard InChI is InChI=1S/C13H16BrFN2O2/c1-3-7-17(8-11(18)16-2)13(19)9-5-4-6-10(15)12(9)14/h4-6H,3,7-8H2,1-2H3,(H,16,18). The minimum Gasteiger partial charge on any atom is -0.358 e. The molecule has 0 aliphatic heterocycles. The Balaban J connectivity index is 2.98. The lowest BCUT2D eigenvalue weighted by atomic mass is 10.2. The molecule has 0 spiro atoms. The molecule has 0 aromatic heterocycles. The van der Waals surface area contributed by atoms with Crippen molar-refractivity contribution in [2.45, 2.75) is 13.3 Å². The number of halogens is 2. The number of nitrogens with one attached hydrogen (secondary N) is 1. The first kappa shape index (κ1) is 15.6. The van der Waals surface area contributed by atoms with Crippen LogP contribution in [0, 0.1) is 5.82 Å². The van der Waals surface area contributed by atoms with Crippen LogP contribution in [-0.2, 0) is 4.79 Å². The van der Waals surface area contributed by atoms with Gasteiger partial charge in [-0.15, -0.1) is 0 Å². The second kappa shape index (κ2) is 7.23. The number of hydrogen-bond donors (Lipinski definition) is 1. The van der Waals surface area contributed by atoms with Crippen molar-refractivity contribution >= 4 is 27.7 Å². The molecular formula is C13H16BrFN2O2.